The molecule has 0 saturated carbocycles. The third-order valence-electron chi connectivity index (χ3n) is 1.13. The second-order valence-corrected chi connectivity index (χ2v) is 3.22. The summed E-state index contributed by atoms with van der Waals surface area (Å²) in [6.45, 7) is 0.0332. The SMILES string of the molecule is CN1C(=O)OCC1(Cl)Cl. The highest BCUT2D eigenvalue weighted by Crippen LogP contribution is 2.30. The molecule has 0 unspecified atom stereocenters. The highest BCUT2D eigenvalue weighted by molar-refractivity contribution is 6.49. The normalized spacial score (nSPS) is 24.3. The Bertz CT molecular complexity index is 148. The minimum absolute atomic E-state index is 0.0332. The molecule has 1 heterocycles. The number of nitrogens with zero attached hydrogens (tertiary/aromatic N) is 1. The van der Waals surface area contributed by atoms with Crippen LogP contribution in [0.2, 0.25) is 0 Å². The first-order valence-electron chi connectivity index (χ1n) is 2.32. The van der Waals surface area contributed by atoms with Crippen molar-refractivity contribution in [2.24, 2.45) is 0 Å². The average molecular weight is 170 g/mol. The number of alkyl halides is 2. The molecular weight excluding hydrogens is 165 g/mol. The molecule has 52 valence electrons. The molecular formula is C4H5Cl2NO2. The van der Waals surface area contributed by atoms with E-state index in [1.165, 1.54) is 7.05 Å². The van der Waals surface area contributed by atoms with E-state index < -0.39 is 10.6 Å². The van der Waals surface area contributed by atoms with E-state index in [-0.39, 0.29) is 6.61 Å². The van der Waals surface area contributed by atoms with Crippen LogP contribution < -0.4 is 0 Å². The quantitative estimate of drug-likeness (QED) is 0.403. The minimum Gasteiger partial charge on any atom is -0.444 e. The molecule has 0 atom stereocenters. The van der Waals surface area contributed by atoms with Gasteiger partial charge in [-0.1, -0.05) is 23.2 Å². The van der Waals surface area contributed by atoms with Crippen LogP contribution in [0.3, 0.4) is 0 Å². The van der Waals surface area contributed by atoms with Gasteiger partial charge >= 0.3 is 6.09 Å². The van der Waals surface area contributed by atoms with E-state index in [1.54, 1.807) is 0 Å². The van der Waals surface area contributed by atoms with Gasteiger partial charge in [0.15, 0.2) is 0 Å². The van der Waals surface area contributed by atoms with Crippen LogP contribution >= 0.6 is 23.2 Å². The summed E-state index contributed by atoms with van der Waals surface area (Å²) in [6.07, 6.45) is -0.486. The van der Waals surface area contributed by atoms with Gasteiger partial charge in [0.25, 0.3) is 0 Å². The maximum Gasteiger partial charge on any atom is 0.412 e. The van der Waals surface area contributed by atoms with Crippen LogP contribution in [0.4, 0.5) is 4.79 Å². The fourth-order valence-corrected chi connectivity index (χ4v) is 0.723. The highest BCUT2D eigenvalue weighted by atomic mass is 35.5. The maximum atomic E-state index is 10.5. The Morgan fingerprint density at radius 1 is 1.78 bits per heavy atom. The topological polar surface area (TPSA) is 29.5 Å². The summed E-state index contributed by atoms with van der Waals surface area (Å²) in [7, 11) is 1.48. The molecule has 0 aliphatic carbocycles. The maximum absolute atomic E-state index is 10.5. The number of amides is 1. The third kappa shape index (κ3) is 1.07. The van der Waals surface area contributed by atoms with Gasteiger partial charge in [0.05, 0.1) is 0 Å². The molecule has 1 aliphatic heterocycles. The number of hydrogen-bond acceptors (Lipinski definition) is 2. The molecule has 0 radical (unpaired) electrons. The number of cyclic esters (lactones) is 1. The van der Waals surface area contributed by atoms with Crippen molar-refractivity contribution in [3.05, 3.63) is 0 Å². The summed E-state index contributed by atoms with van der Waals surface area (Å²) in [6, 6.07) is 0. The molecule has 0 aromatic carbocycles. The van der Waals surface area contributed by atoms with Gasteiger partial charge in [-0.05, 0) is 0 Å². The van der Waals surface area contributed by atoms with Gasteiger partial charge in [0, 0.05) is 7.05 Å². The smallest absolute Gasteiger partial charge is 0.412 e. The van der Waals surface area contributed by atoms with E-state index in [0.717, 1.165) is 4.90 Å². The molecule has 1 fully saturated rings. The Morgan fingerprint density at radius 3 is 2.44 bits per heavy atom. The summed E-state index contributed by atoms with van der Waals surface area (Å²) in [5, 5.41) is 0. The van der Waals surface area contributed by atoms with Crippen molar-refractivity contribution >= 4 is 29.3 Å². The Kier molecular flexibility index (Phi) is 1.49. The van der Waals surface area contributed by atoms with Crippen molar-refractivity contribution in [2.75, 3.05) is 13.7 Å². The number of hydrogen-bond donors (Lipinski definition) is 0. The predicted molar refractivity (Wildman–Crippen MR) is 33.5 cm³/mol. The minimum atomic E-state index is -1.17. The standard InChI is InChI=1S/C4H5Cl2NO2/c1-7-3(8)9-2-4(7,5)6/h2H2,1H3. The van der Waals surface area contributed by atoms with Gasteiger partial charge in [-0.15, -0.1) is 0 Å². The van der Waals surface area contributed by atoms with Gasteiger partial charge in [-0.2, -0.15) is 0 Å². The van der Waals surface area contributed by atoms with E-state index in [2.05, 4.69) is 4.74 Å². The molecule has 0 bridgehead atoms. The highest BCUT2D eigenvalue weighted by Gasteiger charge is 2.41. The fourth-order valence-electron chi connectivity index (χ4n) is 0.476. The first-order valence-corrected chi connectivity index (χ1v) is 3.08. The third-order valence-corrected chi connectivity index (χ3v) is 1.86. The summed E-state index contributed by atoms with van der Waals surface area (Å²) >= 11 is 11.1. The molecule has 1 amide bonds. The van der Waals surface area contributed by atoms with Gasteiger partial charge in [-0.3, -0.25) is 4.90 Å². The van der Waals surface area contributed by atoms with Crippen molar-refractivity contribution in [3.63, 3.8) is 0 Å². The van der Waals surface area contributed by atoms with E-state index in [4.69, 9.17) is 23.2 Å². The summed E-state index contributed by atoms with van der Waals surface area (Å²) in [5.74, 6) is 0. The van der Waals surface area contributed by atoms with Crippen molar-refractivity contribution in [2.45, 2.75) is 4.46 Å². The van der Waals surface area contributed by atoms with Crippen LogP contribution in [0, 0.1) is 0 Å². The molecule has 0 N–H and O–H groups in total. The van der Waals surface area contributed by atoms with Crippen LogP contribution in [0.5, 0.6) is 0 Å². The summed E-state index contributed by atoms with van der Waals surface area (Å²) in [5.41, 5.74) is 0. The molecule has 1 aliphatic rings. The molecule has 1 saturated heterocycles. The number of likely N-dealkylation sites (N-methyl/N-ethyl adjacent to an activating group) is 1. The largest absolute Gasteiger partial charge is 0.444 e. The average Bonchev–Trinajstić information content (AvgIpc) is 1.97. The lowest BCUT2D eigenvalue weighted by atomic mass is 10.6. The molecule has 1 rings (SSSR count). The van der Waals surface area contributed by atoms with Crippen LogP contribution in [-0.2, 0) is 4.74 Å². The first-order chi connectivity index (χ1) is 4.04. The number of ether oxygens (including phenoxy) is 1. The molecule has 5 heteroatoms. The van der Waals surface area contributed by atoms with Crippen molar-refractivity contribution in [1.29, 1.82) is 0 Å². The van der Waals surface area contributed by atoms with Gasteiger partial charge in [0.1, 0.15) is 6.61 Å². The number of rotatable bonds is 0. The predicted octanol–water partition coefficient (Wildman–Crippen LogP) is 1.20. The van der Waals surface area contributed by atoms with Gasteiger partial charge in [-0.25, -0.2) is 4.79 Å². The monoisotopic (exact) mass is 169 g/mol. The van der Waals surface area contributed by atoms with E-state index in [9.17, 15) is 4.79 Å². The van der Waals surface area contributed by atoms with Crippen molar-refractivity contribution < 1.29 is 9.53 Å². The fraction of sp³-hybridized carbons (Fsp3) is 0.750. The van der Waals surface area contributed by atoms with Crippen LogP contribution in [-0.4, -0.2) is 29.1 Å². The van der Waals surface area contributed by atoms with Gasteiger partial charge < -0.3 is 4.74 Å². The molecule has 0 aromatic rings. The lowest BCUT2D eigenvalue weighted by Gasteiger charge is -2.16. The zero-order chi connectivity index (χ0) is 7.07. The summed E-state index contributed by atoms with van der Waals surface area (Å²) < 4.78 is 3.33. The summed E-state index contributed by atoms with van der Waals surface area (Å²) in [4.78, 5) is 11.7. The number of carbonyl (C=O) groups excluding carboxylic acids is 1. The molecule has 9 heavy (non-hydrogen) atoms. The Hall–Kier alpha value is -0.150. The molecule has 3 nitrogen and oxygen atoms in total. The lowest BCUT2D eigenvalue weighted by Crippen LogP contribution is -2.33. The zero-order valence-electron chi connectivity index (χ0n) is 4.73. The van der Waals surface area contributed by atoms with Gasteiger partial charge in [0.2, 0.25) is 4.46 Å². The molecule has 0 aromatic heterocycles. The van der Waals surface area contributed by atoms with Crippen LogP contribution in [0.15, 0.2) is 0 Å². The molecule has 0 spiro atoms. The van der Waals surface area contributed by atoms with Crippen LogP contribution in [0.25, 0.3) is 0 Å². The van der Waals surface area contributed by atoms with Crippen molar-refractivity contribution in [3.8, 4) is 0 Å². The Labute approximate surface area is 62.5 Å². The first kappa shape index (κ1) is 6.96. The van der Waals surface area contributed by atoms with E-state index in [0.29, 0.717) is 0 Å². The van der Waals surface area contributed by atoms with E-state index in [1.807, 2.05) is 0 Å². The van der Waals surface area contributed by atoms with Crippen molar-refractivity contribution in [1.82, 2.24) is 4.90 Å². The van der Waals surface area contributed by atoms with Crippen LogP contribution in [0.1, 0.15) is 0 Å². The lowest BCUT2D eigenvalue weighted by molar-refractivity contribution is 0.163. The zero-order valence-corrected chi connectivity index (χ0v) is 6.24. The Balaban J connectivity index is 2.73. The number of halogens is 2. The second-order valence-electron chi connectivity index (χ2n) is 1.78. The van der Waals surface area contributed by atoms with E-state index >= 15 is 0 Å². The second kappa shape index (κ2) is 1.92. The Morgan fingerprint density at radius 2 is 2.33 bits per heavy atom. The number of carbonyl (C=O) groups is 1.